The molecule has 0 spiro atoms. The minimum atomic E-state index is -0.289. The fourth-order valence-electron chi connectivity index (χ4n) is 3.95. The second kappa shape index (κ2) is 11.1. The molecule has 0 N–H and O–H groups in total. The Kier molecular flexibility index (Phi) is 7.28. The minimum Gasteiger partial charge on any atom is -0.494 e. The van der Waals surface area contributed by atoms with E-state index < -0.39 is 0 Å². The van der Waals surface area contributed by atoms with Gasteiger partial charge in [-0.2, -0.15) is 0 Å². The van der Waals surface area contributed by atoms with E-state index in [1.165, 1.54) is 11.8 Å². The number of nitrogens with zero attached hydrogens (tertiary/aromatic N) is 3. The number of carbonyl (C=O) groups is 1. The fourth-order valence-corrected chi connectivity index (χ4v) is 4.76. The predicted octanol–water partition coefficient (Wildman–Crippen LogP) is 6.32. The van der Waals surface area contributed by atoms with Crippen LogP contribution in [0.3, 0.4) is 0 Å². The maximum Gasteiger partial charge on any atom is 0.316 e. The molecule has 2 heterocycles. The van der Waals surface area contributed by atoms with Crippen molar-refractivity contribution in [1.29, 1.82) is 0 Å². The van der Waals surface area contributed by atoms with Crippen LogP contribution in [0.25, 0.3) is 27.8 Å². The number of fused-ring (bicyclic) bond motifs is 1. The summed E-state index contributed by atoms with van der Waals surface area (Å²) in [5.41, 5.74) is 4.74. The van der Waals surface area contributed by atoms with Gasteiger partial charge in [-0.1, -0.05) is 72.4 Å². The summed E-state index contributed by atoms with van der Waals surface area (Å²) in [6, 6.07) is 27.7. The summed E-state index contributed by atoms with van der Waals surface area (Å²) < 4.78 is 13.1. The summed E-state index contributed by atoms with van der Waals surface area (Å²) in [6.07, 6.45) is 3.61. The van der Waals surface area contributed by atoms with Gasteiger partial charge < -0.3 is 14.0 Å². The highest BCUT2D eigenvalue weighted by molar-refractivity contribution is 8.00. The van der Waals surface area contributed by atoms with Gasteiger partial charge in [0.15, 0.2) is 0 Å². The van der Waals surface area contributed by atoms with Gasteiger partial charge in [0.2, 0.25) is 0 Å². The smallest absolute Gasteiger partial charge is 0.316 e. The van der Waals surface area contributed by atoms with Crippen molar-refractivity contribution < 1.29 is 14.3 Å². The number of carbonyl (C=O) groups excluding carboxylic acids is 1. The maximum atomic E-state index is 12.5. The van der Waals surface area contributed by atoms with Crippen molar-refractivity contribution in [3.05, 3.63) is 103 Å². The van der Waals surface area contributed by atoms with Crippen molar-refractivity contribution in [2.24, 2.45) is 0 Å². The highest BCUT2D eigenvalue weighted by Crippen LogP contribution is 2.37. The Labute approximate surface area is 213 Å². The molecule has 2 aromatic heterocycles. The summed E-state index contributed by atoms with van der Waals surface area (Å²) in [7, 11) is 0. The number of rotatable bonds is 9. The minimum absolute atomic E-state index is 0.154. The van der Waals surface area contributed by atoms with Crippen LogP contribution < -0.4 is 4.74 Å². The van der Waals surface area contributed by atoms with Crippen LogP contribution in [0.15, 0.2) is 102 Å². The standard InChI is InChI=1S/C29H25N3O3S/c1-2-34-24-15-13-23(14-16-24)32-17-25(22-11-7-4-8-12-22)27-28(32)30-20-31-29(27)36-19-26(33)35-18-21-9-5-3-6-10-21/h3-17,20H,2,18-19H2,1H3. The van der Waals surface area contributed by atoms with Gasteiger partial charge in [0.25, 0.3) is 0 Å². The van der Waals surface area contributed by atoms with Crippen LogP contribution in [-0.4, -0.2) is 32.9 Å². The van der Waals surface area contributed by atoms with E-state index in [0.29, 0.717) is 6.61 Å². The lowest BCUT2D eigenvalue weighted by Crippen LogP contribution is -2.07. The zero-order valence-corrected chi connectivity index (χ0v) is 20.7. The molecule has 0 atom stereocenters. The Morgan fingerprint density at radius 1 is 0.917 bits per heavy atom. The second-order valence-corrected chi connectivity index (χ2v) is 8.98. The predicted molar refractivity (Wildman–Crippen MR) is 142 cm³/mol. The third kappa shape index (κ3) is 5.26. The van der Waals surface area contributed by atoms with E-state index in [9.17, 15) is 4.79 Å². The average molecular weight is 496 g/mol. The molecule has 0 aliphatic rings. The second-order valence-electron chi connectivity index (χ2n) is 8.02. The van der Waals surface area contributed by atoms with Crippen LogP contribution in [0, 0.1) is 0 Å². The summed E-state index contributed by atoms with van der Waals surface area (Å²) in [5, 5.41) is 1.64. The Morgan fingerprint density at radius 3 is 2.36 bits per heavy atom. The van der Waals surface area contributed by atoms with Gasteiger partial charge in [0.1, 0.15) is 29.4 Å². The monoisotopic (exact) mass is 495 g/mol. The molecule has 0 aliphatic carbocycles. The lowest BCUT2D eigenvalue weighted by Gasteiger charge is -2.08. The van der Waals surface area contributed by atoms with Crippen molar-refractivity contribution in [3.8, 4) is 22.6 Å². The zero-order chi connectivity index (χ0) is 24.7. The van der Waals surface area contributed by atoms with E-state index in [1.807, 2.05) is 84.3 Å². The van der Waals surface area contributed by atoms with Gasteiger partial charge in [0, 0.05) is 17.4 Å². The van der Waals surface area contributed by atoms with Gasteiger partial charge in [-0.15, -0.1) is 0 Å². The number of benzene rings is 3. The van der Waals surface area contributed by atoms with E-state index >= 15 is 0 Å². The summed E-state index contributed by atoms with van der Waals surface area (Å²) in [5.74, 6) is 0.685. The van der Waals surface area contributed by atoms with E-state index in [1.54, 1.807) is 6.33 Å². The van der Waals surface area contributed by atoms with Crippen LogP contribution in [0.2, 0.25) is 0 Å². The summed E-state index contributed by atoms with van der Waals surface area (Å²) in [6.45, 7) is 2.83. The molecule has 0 radical (unpaired) electrons. The van der Waals surface area contributed by atoms with E-state index in [0.717, 1.165) is 44.2 Å². The van der Waals surface area contributed by atoms with Crippen LogP contribution in [0.1, 0.15) is 12.5 Å². The molecule has 3 aromatic carbocycles. The highest BCUT2D eigenvalue weighted by Gasteiger charge is 2.18. The molecule has 180 valence electrons. The number of esters is 1. The first-order chi connectivity index (χ1) is 17.7. The van der Waals surface area contributed by atoms with Crippen molar-refractivity contribution in [2.75, 3.05) is 12.4 Å². The molecule has 0 unspecified atom stereocenters. The van der Waals surface area contributed by atoms with Gasteiger partial charge in [0.05, 0.1) is 17.7 Å². The van der Waals surface area contributed by atoms with Crippen molar-refractivity contribution in [2.45, 2.75) is 18.6 Å². The van der Waals surface area contributed by atoms with Crippen molar-refractivity contribution >= 4 is 28.8 Å². The Hall–Kier alpha value is -4.10. The van der Waals surface area contributed by atoms with Crippen molar-refractivity contribution in [3.63, 3.8) is 0 Å². The largest absolute Gasteiger partial charge is 0.494 e. The quantitative estimate of drug-likeness (QED) is 0.135. The molecule has 0 saturated heterocycles. The number of hydrogen-bond acceptors (Lipinski definition) is 6. The van der Waals surface area contributed by atoms with Crippen LogP contribution in [0.5, 0.6) is 5.75 Å². The lowest BCUT2D eigenvalue weighted by atomic mass is 10.1. The first kappa shape index (κ1) is 23.6. The Morgan fingerprint density at radius 2 is 1.64 bits per heavy atom. The Bertz CT molecular complexity index is 1450. The van der Waals surface area contributed by atoms with Crippen LogP contribution in [-0.2, 0) is 16.1 Å². The van der Waals surface area contributed by atoms with Crippen LogP contribution in [0.4, 0.5) is 0 Å². The fraction of sp³-hybridized carbons (Fsp3) is 0.138. The lowest BCUT2D eigenvalue weighted by molar-refractivity contribution is -0.141. The molecule has 0 bridgehead atoms. The first-order valence-corrected chi connectivity index (χ1v) is 12.7. The average Bonchev–Trinajstić information content (AvgIpc) is 3.33. The van der Waals surface area contributed by atoms with Gasteiger partial charge >= 0.3 is 5.97 Å². The van der Waals surface area contributed by atoms with Gasteiger partial charge in [-0.25, -0.2) is 9.97 Å². The van der Waals surface area contributed by atoms with Crippen LogP contribution >= 0.6 is 11.8 Å². The SMILES string of the molecule is CCOc1ccc(-n2cc(-c3ccccc3)c3c(SCC(=O)OCc4ccccc4)ncnc32)cc1. The maximum absolute atomic E-state index is 12.5. The number of hydrogen-bond donors (Lipinski definition) is 0. The molecule has 0 fully saturated rings. The molecule has 0 aliphatic heterocycles. The first-order valence-electron chi connectivity index (χ1n) is 11.7. The molecule has 5 rings (SSSR count). The normalized spacial score (nSPS) is 10.9. The van der Waals surface area contributed by atoms with E-state index in [4.69, 9.17) is 9.47 Å². The van der Waals surface area contributed by atoms with E-state index in [-0.39, 0.29) is 18.3 Å². The van der Waals surface area contributed by atoms with Gasteiger partial charge in [-0.05, 0) is 42.3 Å². The summed E-state index contributed by atoms with van der Waals surface area (Å²) >= 11 is 1.36. The molecule has 5 aromatic rings. The van der Waals surface area contributed by atoms with Crippen molar-refractivity contribution in [1.82, 2.24) is 14.5 Å². The van der Waals surface area contributed by atoms with Gasteiger partial charge in [-0.3, -0.25) is 4.79 Å². The third-order valence-electron chi connectivity index (χ3n) is 5.63. The van der Waals surface area contributed by atoms with E-state index in [2.05, 4.69) is 28.3 Å². The number of aromatic nitrogens is 3. The molecular weight excluding hydrogens is 470 g/mol. The molecule has 7 heteroatoms. The number of thioether (sulfide) groups is 1. The number of ether oxygens (including phenoxy) is 2. The topological polar surface area (TPSA) is 66.2 Å². The molecule has 0 amide bonds. The molecule has 0 saturated carbocycles. The zero-order valence-electron chi connectivity index (χ0n) is 19.8. The Balaban J connectivity index is 1.46. The third-order valence-corrected chi connectivity index (χ3v) is 6.59. The molecular formula is C29H25N3O3S. The molecule has 6 nitrogen and oxygen atoms in total. The summed E-state index contributed by atoms with van der Waals surface area (Å²) in [4.78, 5) is 21.6. The highest BCUT2D eigenvalue weighted by atomic mass is 32.2. The molecule has 36 heavy (non-hydrogen) atoms.